The first-order valence-electron chi connectivity index (χ1n) is 8.03. The second-order valence-corrected chi connectivity index (χ2v) is 6.86. The fourth-order valence-corrected chi connectivity index (χ4v) is 2.83. The van der Waals surface area contributed by atoms with Gasteiger partial charge >= 0.3 is 0 Å². The highest BCUT2D eigenvalue weighted by molar-refractivity contribution is 5.57. The van der Waals surface area contributed by atoms with Gasteiger partial charge in [-0.15, -0.1) is 0 Å². The van der Waals surface area contributed by atoms with E-state index >= 15 is 0 Å². The molecule has 0 aliphatic heterocycles. The maximum Gasteiger partial charge on any atom is 0.148 e. The van der Waals surface area contributed by atoms with Crippen LogP contribution in [-0.4, -0.2) is 16.5 Å². The topological polar surface area (TPSA) is 75.9 Å². The summed E-state index contributed by atoms with van der Waals surface area (Å²) in [5.41, 5.74) is 3.69. The molecule has 0 radical (unpaired) electrons. The van der Waals surface area contributed by atoms with Gasteiger partial charge in [-0.25, -0.2) is 15.8 Å². The predicted molar refractivity (Wildman–Crippen MR) is 88.2 cm³/mol. The van der Waals surface area contributed by atoms with Crippen LogP contribution in [0.15, 0.2) is 0 Å². The molecule has 1 aromatic heterocycles. The van der Waals surface area contributed by atoms with Gasteiger partial charge in [0.1, 0.15) is 17.5 Å². The molecule has 21 heavy (non-hydrogen) atoms. The molecule has 1 fully saturated rings. The number of nitrogens with one attached hydrogen (secondary N) is 2. The molecule has 0 unspecified atom stereocenters. The zero-order chi connectivity index (χ0) is 15.6. The van der Waals surface area contributed by atoms with Crippen molar-refractivity contribution in [2.75, 3.05) is 17.3 Å². The predicted octanol–water partition coefficient (Wildman–Crippen LogP) is 3.29. The van der Waals surface area contributed by atoms with Crippen molar-refractivity contribution in [2.24, 2.45) is 23.6 Å². The van der Waals surface area contributed by atoms with E-state index in [1.807, 2.05) is 6.92 Å². The molecule has 0 amide bonds. The van der Waals surface area contributed by atoms with E-state index in [9.17, 15) is 0 Å². The molecule has 0 bridgehead atoms. The Balaban J connectivity index is 2.16. The van der Waals surface area contributed by atoms with Crippen LogP contribution in [0.25, 0.3) is 0 Å². The van der Waals surface area contributed by atoms with Gasteiger partial charge in [0.05, 0.1) is 0 Å². The van der Waals surface area contributed by atoms with Gasteiger partial charge in [-0.05, 0) is 37.5 Å². The van der Waals surface area contributed by atoms with E-state index in [2.05, 4.69) is 43.4 Å². The number of hydrogen-bond donors (Lipinski definition) is 3. The Morgan fingerprint density at radius 3 is 2.14 bits per heavy atom. The smallest absolute Gasteiger partial charge is 0.148 e. The molecule has 4 N–H and O–H groups in total. The first-order chi connectivity index (χ1) is 9.93. The molecule has 0 atom stereocenters. The highest BCUT2D eigenvalue weighted by atomic mass is 15.3. The van der Waals surface area contributed by atoms with Gasteiger partial charge < -0.3 is 10.7 Å². The number of aromatic nitrogens is 2. The molecule has 2 rings (SSSR count). The fraction of sp³-hybridized carbons (Fsp3) is 0.750. The molecular weight excluding hydrogens is 262 g/mol. The minimum absolute atomic E-state index is 0.518. The summed E-state index contributed by atoms with van der Waals surface area (Å²) in [5, 5.41) is 3.53. The number of anilines is 2. The Morgan fingerprint density at radius 1 is 1.10 bits per heavy atom. The van der Waals surface area contributed by atoms with Crippen molar-refractivity contribution in [2.45, 2.75) is 53.4 Å². The summed E-state index contributed by atoms with van der Waals surface area (Å²) in [6.45, 7) is 12.1. The average molecular weight is 291 g/mol. The maximum absolute atomic E-state index is 5.59. The summed E-state index contributed by atoms with van der Waals surface area (Å²) < 4.78 is 0. The van der Waals surface area contributed by atoms with Crippen molar-refractivity contribution in [3.05, 3.63) is 11.4 Å². The Kier molecular flexibility index (Phi) is 5.04. The van der Waals surface area contributed by atoms with E-state index in [-0.39, 0.29) is 0 Å². The average Bonchev–Trinajstić information content (AvgIpc) is 3.24. The van der Waals surface area contributed by atoms with Crippen molar-refractivity contribution < 1.29 is 0 Å². The molecule has 1 saturated carbocycles. The van der Waals surface area contributed by atoms with Crippen LogP contribution in [0.1, 0.15) is 57.8 Å². The van der Waals surface area contributed by atoms with Gasteiger partial charge in [0.25, 0.3) is 0 Å². The van der Waals surface area contributed by atoms with E-state index in [0.717, 1.165) is 29.6 Å². The molecule has 5 heteroatoms. The molecule has 1 aliphatic rings. The minimum Gasteiger partial charge on any atom is -0.369 e. The van der Waals surface area contributed by atoms with Gasteiger partial charge in [0.15, 0.2) is 0 Å². The molecule has 1 aromatic rings. The molecule has 0 aromatic carbocycles. The van der Waals surface area contributed by atoms with Gasteiger partial charge in [0, 0.05) is 18.0 Å². The van der Waals surface area contributed by atoms with E-state index in [1.54, 1.807) is 0 Å². The molecule has 0 saturated heterocycles. The number of rotatable bonds is 7. The summed E-state index contributed by atoms with van der Waals surface area (Å²) in [7, 11) is 0. The van der Waals surface area contributed by atoms with Gasteiger partial charge in [-0.1, -0.05) is 27.7 Å². The van der Waals surface area contributed by atoms with Crippen LogP contribution in [0.2, 0.25) is 0 Å². The van der Waals surface area contributed by atoms with Gasteiger partial charge in [0.2, 0.25) is 0 Å². The normalized spacial score (nSPS) is 15.1. The largest absolute Gasteiger partial charge is 0.369 e. The Morgan fingerprint density at radius 2 is 1.67 bits per heavy atom. The maximum atomic E-state index is 5.59. The Bertz CT molecular complexity index is 472. The van der Waals surface area contributed by atoms with Crippen molar-refractivity contribution in [1.29, 1.82) is 0 Å². The van der Waals surface area contributed by atoms with Crippen LogP contribution in [0.3, 0.4) is 0 Å². The molecule has 0 spiro atoms. The number of hydrogen-bond acceptors (Lipinski definition) is 5. The highest BCUT2D eigenvalue weighted by Crippen LogP contribution is 2.39. The molecule has 5 nitrogen and oxygen atoms in total. The minimum atomic E-state index is 0.518. The molecule has 1 aliphatic carbocycles. The second-order valence-electron chi connectivity index (χ2n) is 6.86. The first kappa shape index (κ1) is 16.0. The van der Waals surface area contributed by atoms with E-state index < -0.39 is 0 Å². The monoisotopic (exact) mass is 291 g/mol. The summed E-state index contributed by atoms with van der Waals surface area (Å²) in [6, 6.07) is 0. The first-order valence-corrected chi connectivity index (χ1v) is 8.03. The van der Waals surface area contributed by atoms with Crippen LogP contribution in [0.5, 0.6) is 0 Å². The lowest BCUT2D eigenvalue weighted by Gasteiger charge is -2.26. The third-order valence-corrected chi connectivity index (χ3v) is 4.46. The molecule has 118 valence electrons. The van der Waals surface area contributed by atoms with Crippen molar-refractivity contribution >= 4 is 11.6 Å². The third-order valence-electron chi connectivity index (χ3n) is 4.46. The van der Waals surface area contributed by atoms with Crippen molar-refractivity contribution in [3.8, 4) is 0 Å². The Labute approximate surface area is 128 Å². The van der Waals surface area contributed by atoms with Gasteiger partial charge in [-0.3, -0.25) is 0 Å². The molecular formula is C16H29N5. The standard InChI is InChI=1S/C16H29N5/c1-9(2)13(10(3)4)8-18-14-11(5)15(21-17)20-16(19-14)12-6-7-12/h9-10,12-13H,6-8,17H2,1-5H3,(H2,18,19,20,21). The Hall–Kier alpha value is -1.36. The highest BCUT2D eigenvalue weighted by Gasteiger charge is 2.28. The molecule has 1 heterocycles. The van der Waals surface area contributed by atoms with Crippen LogP contribution >= 0.6 is 0 Å². The van der Waals surface area contributed by atoms with E-state index in [4.69, 9.17) is 10.8 Å². The van der Waals surface area contributed by atoms with Crippen LogP contribution in [0.4, 0.5) is 11.6 Å². The zero-order valence-corrected chi connectivity index (χ0v) is 13.9. The quantitative estimate of drug-likeness (QED) is 0.531. The fourth-order valence-electron chi connectivity index (χ4n) is 2.83. The lowest BCUT2D eigenvalue weighted by Crippen LogP contribution is -2.25. The zero-order valence-electron chi connectivity index (χ0n) is 13.9. The third kappa shape index (κ3) is 3.84. The lowest BCUT2D eigenvalue weighted by molar-refractivity contribution is 0.304. The van der Waals surface area contributed by atoms with Crippen molar-refractivity contribution in [3.63, 3.8) is 0 Å². The van der Waals surface area contributed by atoms with E-state index in [1.165, 1.54) is 12.8 Å². The SMILES string of the molecule is Cc1c(NN)nc(C2CC2)nc1NCC(C(C)C)C(C)C. The van der Waals surface area contributed by atoms with Crippen LogP contribution < -0.4 is 16.6 Å². The number of hydrazine groups is 1. The number of nitrogens with two attached hydrogens (primary N) is 1. The van der Waals surface area contributed by atoms with E-state index in [0.29, 0.717) is 23.7 Å². The summed E-state index contributed by atoms with van der Waals surface area (Å²) in [5.74, 6) is 10.6. The van der Waals surface area contributed by atoms with Crippen molar-refractivity contribution in [1.82, 2.24) is 9.97 Å². The second kappa shape index (κ2) is 6.60. The van der Waals surface area contributed by atoms with Gasteiger partial charge in [-0.2, -0.15) is 0 Å². The van der Waals surface area contributed by atoms with Crippen LogP contribution in [-0.2, 0) is 0 Å². The lowest BCUT2D eigenvalue weighted by atomic mass is 9.85. The summed E-state index contributed by atoms with van der Waals surface area (Å²) >= 11 is 0. The summed E-state index contributed by atoms with van der Waals surface area (Å²) in [6.07, 6.45) is 2.38. The summed E-state index contributed by atoms with van der Waals surface area (Å²) in [4.78, 5) is 9.24. The van der Waals surface area contributed by atoms with Crippen LogP contribution in [0, 0.1) is 24.7 Å². The number of nitrogen functional groups attached to an aromatic ring is 1. The number of nitrogens with zero attached hydrogens (tertiary/aromatic N) is 2.